The summed E-state index contributed by atoms with van der Waals surface area (Å²) >= 11 is 0. The van der Waals surface area contributed by atoms with Crippen LogP contribution in [0.25, 0.3) is 0 Å². The largest absolute Gasteiger partial charge is 0.336 e. The average molecular weight is 326 g/mol. The van der Waals surface area contributed by atoms with Crippen molar-refractivity contribution in [3.63, 3.8) is 0 Å². The van der Waals surface area contributed by atoms with Gasteiger partial charge in [-0.05, 0) is 36.6 Å². The topological polar surface area (TPSA) is 23.6 Å². The second-order valence-electron chi connectivity index (χ2n) is 6.29. The molecule has 2 aromatic carbocycles. The van der Waals surface area contributed by atoms with Crippen LogP contribution in [-0.2, 0) is 6.42 Å². The number of hydrogen-bond acceptors (Lipinski definition) is 2. The van der Waals surface area contributed by atoms with Crippen molar-refractivity contribution in [2.24, 2.45) is 0 Å². The minimum absolute atomic E-state index is 0.113. The summed E-state index contributed by atoms with van der Waals surface area (Å²) in [6.45, 7) is 5.93. The number of aryl methyl sites for hydroxylation is 1. The first-order valence-corrected chi connectivity index (χ1v) is 8.46. The van der Waals surface area contributed by atoms with Gasteiger partial charge in [0.1, 0.15) is 5.82 Å². The standard InChI is InChI=1S/C20H23FN2O/c1-16-6-2-4-8-18(16)20(24)23-14-12-22(13-15-23)11-10-17-7-3-5-9-19(17)21/h2-9H,10-15H2,1H3. The van der Waals surface area contributed by atoms with Gasteiger partial charge in [-0.3, -0.25) is 9.69 Å². The monoisotopic (exact) mass is 326 g/mol. The Labute approximate surface area is 142 Å². The maximum Gasteiger partial charge on any atom is 0.254 e. The van der Waals surface area contributed by atoms with Gasteiger partial charge in [-0.2, -0.15) is 0 Å². The SMILES string of the molecule is Cc1ccccc1C(=O)N1CCN(CCc2ccccc2F)CC1. The number of amides is 1. The molecule has 0 N–H and O–H groups in total. The second kappa shape index (κ2) is 7.58. The van der Waals surface area contributed by atoms with Crippen molar-refractivity contribution < 1.29 is 9.18 Å². The van der Waals surface area contributed by atoms with Gasteiger partial charge in [0.15, 0.2) is 0 Å². The van der Waals surface area contributed by atoms with E-state index in [4.69, 9.17) is 0 Å². The molecule has 0 radical (unpaired) electrons. The molecule has 2 aromatic rings. The van der Waals surface area contributed by atoms with E-state index in [0.29, 0.717) is 6.42 Å². The van der Waals surface area contributed by atoms with Crippen molar-refractivity contribution in [1.29, 1.82) is 0 Å². The number of benzene rings is 2. The molecule has 4 heteroatoms. The predicted octanol–water partition coefficient (Wildman–Crippen LogP) is 3.13. The van der Waals surface area contributed by atoms with Crippen molar-refractivity contribution >= 4 is 5.91 Å². The van der Waals surface area contributed by atoms with Crippen molar-refractivity contribution in [2.45, 2.75) is 13.3 Å². The Bertz CT molecular complexity index is 708. The number of nitrogens with zero attached hydrogens (tertiary/aromatic N) is 2. The number of carbonyl (C=O) groups excluding carboxylic acids is 1. The normalized spacial score (nSPS) is 15.5. The number of carbonyl (C=O) groups is 1. The van der Waals surface area contributed by atoms with E-state index < -0.39 is 0 Å². The maximum atomic E-state index is 13.7. The summed E-state index contributed by atoms with van der Waals surface area (Å²) in [5.74, 6) is -0.0206. The summed E-state index contributed by atoms with van der Waals surface area (Å²) in [6, 6.07) is 14.7. The average Bonchev–Trinajstić information content (AvgIpc) is 2.61. The van der Waals surface area contributed by atoms with E-state index >= 15 is 0 Å². The third kappa shape index (κ3) is 3.82. The van der Waals surface area contributed by atoms with Gasteiger partial charge in [-0.1, -0.05) is 36.4 Å². The van der Waals surface area contributed by atoms with Crippen LogP contribution in [0.3, 0.4) is 0 Å². The molecular formula is C20H23FN2O. The Kier molecular flexibility index (Phi) is 5.26. The highest BCUT2D eigenvalue weighted by Crippen LogP contribution is 2.14. The van der Waals surface area contributed by atoms with Crippen LogP contribution in [0.15, 0.2) is 48.5 Å². The summed E-state index contributed by atoms with van der Waals surface area (Å²) < 4.78 is 13.7. The zero-order valence-corrected chi connectivity index (χ0v) is 14.0. The lowest BCUT2D eigenvalue weighted by Gasteiger charge is -2.35. The molecule has 0 bridgehead atoms. The third-order valence-electron chi connectivity index (χ3n) is 4.69. The lowest BCUT2D eigenvalue weighted by molar-refractivity contribution is 0.0637. The molecule has 3 rings (SSSR count). The van der Waals surface area contributed by atoms with Crippen molar-refractivity contribution in [1.82, 2.24) is 9.80 Å². The van der Waals surface area contributed by atoms with Crippen molar-refractivity contribution in [3.8, 4) is 0 Å². The Morgan fingerprint density at radius 2 is 1.67 bits per heavy atom. The molecule has 24 heavy (non-hydrogen) atoms. The fourth-order valence-electron chi connectivity index (χ4n) is 3.14. The summed E-state index contributed by atoms with van der Waals surface area (Å²) in [7, 11) is 0. The summed E-state index contributed by atoms with van der Waals surface area (Å²) in [5.41, 5.74) is 2.57. The zero-order chi connectivity index (χ0) is 16.9. The van der Waals surface area contributed by atoms with E-state index in [9.17, 15) is 9.18 Å². The number of rotatable bonds is 4. The fourth-order valence-corrected chi connectivity index (χ4v) is 3.14. The fraction of sp³-hybridized carbons (Fsp3) is 0.350. The van der Waals surface area contributed by atoms with Crippen LogP contribution in [0, 0.1) is 12.7 Å². The smallest absolute Gasteiger partial charge is 0.254 e. The van der Waals surface area contributed by atoms with Crippen LogP contribution < -0.4 is 0 Å². The van der Waals surface area contributed by atoms with Gasteiger partial charge in [0.05, 0.1) is 0 Å². The molecule has 126 valence electrons. The van der Waals surface area contributed by atoms with E-state index in [2.05, 4.69) is 4.90 Å². The Morgan fingerprint density at radius 3 is 2.38 bits per heavy atom. The molecule has 0 unspecified atom stereocenters. The minimum atomic E-state index is -0.133. The van der Waals surface area contributed by atoms with Crippen LogP contribution in [0.4, 0.5) is 4.39 Å². The Morgan fingerprint density at radius 1 is 1.00 bits per heavy atom. The zero-order valence-electron chi connectivity index (χ0n) is 14.0. The molecule has 0 saturated carbocycles. The van der Waals surface area contributed by atoms with E-state index in [1.807, 2.05) is 48.2 Å². The van der Waals surface area contributed by atoms with E-state index in [-0.39, 0.29) is 11.7 Å². The van der Waals surface area contributed by atoms with Crippen LogP contribution in [0.1, 0.15) is 21.5 Å². The highest BCUT2D eigenvalue weighted by atomic mass is 19.1. The quantitative estimate of drug-likeness (QED) is 0.862. The van der Waals surface area contributed by atoms with Gasteiger partial charge in [0.2, 0.25) is 0 Å². The molecule has 0 spiro atoms. The predicted molar refractivity (Wildman–Crippen MR) is 93.6 cm³/mol. The van der Waals surface area contributed by atoms with Crippen molar-refractivity contribution in [3.05, 3.63) is 71.0 Å². The Balaban J connectivity index is 1.52. The molecule has 1 fully saturated rings. The van der Waals surface area contributed by atoms with Crippen LogP contribution >= 0.6 is 0 Å². The highest BCUT2D eigenvalue weighted by molar-refractivity contribution is 5.95. The number of piperazine rings is 1. The molecule has 1 aliphatic rings. The van der Waals surface area contributed by atoms with Gasteiger partial charge in [0, 0.05) is 38.3 Å². The van der Waals surface area contributed by atoms with Crippen molar-refractivity contribution in [2.75, 3.05) is 32.7 Å². The van der Waals surface area contributed by atoms with Gasteiger partial charge >= 0.3 is 0 Å². The molecule has 0 aromatic heterocycles. The van der Waals surface area contributed by atoms with Crippen LogP contribution in [0.5, 0.6) is 0 Å². The highest BCUT2D eigenvalue weighted by Gasteiger charge is 2.22. The third-order valence-corrected chi connectivity index (χ3v) is 4.69. The molecule has 0 aliphatic carbocycles. The first-order chi connectivity index (χ1) is 11.6. The summed E-state index contributed by atoms with van der Waals surface area (Å²) in [6.07, 6.45) is 0.707. The molecule has 1 amide bonds. The van der Waals surface area contributed by atoms with Gasteiger partial charge in [-0.25, -0.2) is 4.39 Å². The minimum Gasteiger partial charge on any atom is -0.336 e. The second-order valence-corrected chi connectivity index (χ2v) is 6.29. The van der Waals surface area contributed by atoms with Gasteiger partial charge in [-0.15, -0.1) is 0 Å². The molecule has 0 atom stereocenters. The molecule has 3 nitrogen and oxygen atoms in total. The Hall–Kier alpha value is -2.20. The van der Waals surface area contributed by atoms with Gasteiger partial charge < -0.3 is 4.90 Å². The number of hydrogen-bond donors (Lipinski definition) is 0. The van der Waals surface area contributed by atoms with Crippen LogP contribution in [-0.4, -0.2) is 48.4 Å². The molecule has 1 aliphatic heterocycles. The van der Waals surface area contributed by atoms with E-state index in [0.717, 1.165) is 49.4 Å². The number of halogens is 1. The van der Waals surface area contributed by atoms with E-state index in [1.165, 1.54) is 6.07 Å². The summed E-state index contributed by atoms with van der Waals surface area (Å²) in [5, 5.41) is 0. The molecular weight excluding hydrogens is 303 g/mol. The maximum absolute atomic E-state index is 13.7. The lowest BCUT2D eigenvalue weighted by Crippen LogP contribution is -2.49. The van der Waals surface area contributed by atoms with E-state index in [1.54, 1.807) is 6.07 Å². The first-order valence-electron chi connectivity index (χ1n) is 8.46. The first kappa shape index (κ1) is 16.7. The van der Waals surface area contributed by atoms with Gasteiger partial charge in [0.25, 0.3) is 5.91 Å². The molecule has 1 heterocycles. The summed E-state index contributed by atoms with van der Waals surface area (Å²) in [4.78, 5) is 16.8. The lowest BCUT2D eigenvalue weighted by atomic mass is 10.1. The van der Waals surface area contributed by atoms with Crippen LogP contribution in [0.2, 0.25) is 0 Å². The molecule has 1 saturated heterocycles.